The third kappa shape index (κ3) is 4.25. The zero-order valence-corrected chi connectivity index (χ0v) is 15.9. The largest absolute Gasteiger partial charge is 0.368 e. The predicted molar refractivity (Wildman–Crippen MR) is 112 cm³/mol. The van der Waals surface area contributed by atoms with Crippen molar-refractivity contribution in [3.63, 3.8) is 0 Å². The van der Waals surface area contributed by atoms with Gasteiger partial charge in [-0.2, -0.15) is 14.6 Å². The molecule has 4 rings (SSSR count). The second-order valence-electron chi connectivity index (χ2n) is 6.56. The molecule has 0 fully saturated rings. The number of hydrogen-bond donors (Lipinski definition) is 3. The van der Waals surface area contributed by atoms with E-state index in [9.17, 15) is 9.59 Å². The number of benzene rings is 2. The van der Waals surface area contributed by atoms with Crippen molar-refractivity contribution in [3.05, 3.63) is 78.1 Å². The van der Waals surface area contributed by atoms with E-state index in [1.165, 1.54) is 6.33 Å². The standard InChI is InChI=1S/C21H19N7O2/c22-18(29)12-24-20(30)16-8-6-14(7-9-16)11-23-19-10-17(15-4-2-1-3-5-15)27-21-25-13-26-28(19)21/h1-10,13,23H,11-12H2,(H2,22,29)(H,24,30). The highest BCUT2D eigenvalue weighted by Gasteiger charge is 2.10. The van der Waals surface area contributed by atoms with Crippen LogP contribution in [0.1, 0.15) is 15.9 Å². The molecule has 0 unspecified atom stereocenters. The highest BCUT2D eigenvalue weighted by molar-refractivity contribution is 5.96. The maximum Gasteiger partial charge on any atom is 0.254 e. The summed E-state index contributed by atoms with van der Waals surface area (Å²) < 4.78 is 1.64. The second-order valence-corrected chi connectivity index (χ2v) is 6.56. The molecular formula is C21H19N7O2. The molecule has 0 bridgehead atoms. The number of nitrogens with one attached hydrogen (secondary N) is 2. The van der Waals surface area contributed by atoms with Crippen LogP contribution in [0.4, 0.5) is 5.82 Å². The minimum Gasteiger partial charge on any atom is -0.368 e. The smallest absolute Gasteiger partial charge is 0.254 e. The highest BCUT2D eigenvalue weighted by atomic mass is 16.2. The van der Waals surface area contributed by atoms with Gasteiger partial charge in [0.05, 0.1) is 12.2 Å². The summed E-state index contributed by atoms with van der Waals surface area (Å²) in [5.41, 5.74) is 8.23. The Bertz CT molecular complexity index is 1190. The molecule has 2 aromatic carbocycles. The van der Waals surface area contributed by atoms with Crippen LogP contribution in [0.15, 0.2) is 67.0 Å². The van der Waals surface area contributed by atoms with Crippen molar-refractivity contribution in [1.29, 1.82) is 0 Å². The molecule has 4 aromatic rings. The number of rotatable bonds is 7. The number of amides is 2. The SMILES string of the molecule is NC(=O)CNC(=O)c1ccc(CNc2cc(-c3ccccc3)nc3ncnn23)cc1. The van der Waals surface area contributed by atoms with E-state index < -0.39 is 5.91 Å². The van der Waals surface area contributed by atoms with Gasteiger partial charge >= 0.3 is 0 Å². The van der Waals surface area contributed by atoms with Crippen LogP contribution in [0.5, 0.6) is 0 Å². The molecule has 2 heterocycles. The molecule has 0 aliphatic rings. The first-order valence-corrected chi connectivity index (χ1v) is 9.25. The number of carbonyl (C=O) groups excluding carboxylic acids is 2. The van der Waals surface area contributed by atoms with Crippen LogP contribution in [0, 0.1) is 0 Å². The van der Waals surface area contributed by atoms with E-state index in [2.05, 4.69) is 25.7 Å². The van der Waals surface area contributed by atoms with Gasteiger partial charge in [0.25, 0.3) is 11.7 Å². The third-order valence-electron chi connectivity index (χ3n) is 4.43. The van der Waals surface area contributed by atoms with Crippen molar-refractivity contribution in [1.82, 2.24) is 24.9 Å². The number of carbonyl (C=O) groups is 2. The molecule has 2 aromatic heterocycles. The zero-order valence-electron chi connectivity index (χ0n) is 15.9. The first-order valence-electron chi connectivity index (χ1n) is 9.25. The summed E-state index contributed by atoms with van der Waals surface area (Å²) >= 11 is 0. The Morgan fingerprint density at radius 3 is 2.53 bits per heavy atom. The Morgan fingerprint density at radius 1 is 1.03 bits per heavy atom. The van der Waals surface area contributed by atoms with Crippen LogP contribution in [0.2, 0.25) is 0 Å². The quantitative estimate of drug-likeness (QED) is 0.432. The number of primary amides is 1. The Kier molecular flexibility index (Phi) is 5.33. The van der Waals surface area contributed by atoms with E-state index in [0.29, 0.717) is 17.9 Å². The highest BCUT2D eigenvalue weighted by Crippen LogP contribution is 2.21. The topological polar surface area (TPSA) is 127 Å². The summed E-state index contributed by atoms with van der Waals surface area (Å²) in [7, 11) is 0. The molecule has 0 radical (unpaired) electrons. The van der Waals surface area contributed by atoms with Gasteiger partial charge in [-0.15, -0.1) is 0 Å². The van der Waals surface area contributed by atoms with Crippen molar-refractivity contribution in [2.75, 3.05) is 11.9 Å². The Balaban J connectivity index is 1.50. The van der Waals surface area contributed by atoms with E-state index in [-0.39, 0.29) is 12.5 Å². The molecular weight excluding hydrogens is 382 g/mol. The molecule has 150 valence electrons. The van der Waals surface area contributed by atoms with Crippen LogP contribution in [0.25, 0.3) is 17.0 Å². The summed E-state index contributed by atoms with van der Waals surface area (Å²) in [6.45, 7) is 0.318. The van der Waals surface area contributed by atoms with Crippen molar-refractivity contribution < 1.29 is 9.59 Å². The normalized spacial score (nSPS) is 10.7. The van der Waals surface area contributed by atoms with Crippen LogP contribution in [-0.4, -0.2) is 37.9 Å². The average Bonchev–Trinajstić information content (AvgIpc) is 3.25. The Hall–Kier alpha value is -4.27. The molecule has 0 saturated carbocycles. The van der Waals surface area contributed by atoms with Gasteiger partial charge in [-0.1, -0.05) is 42.5 Å². The fraction of sp³-hybridized carbons (Fsp3) is 0.0952. The lowest BCUT2D eigenvalue weighted by Crippen LogP contribution is -2.33. The van der Waals surface area contributed by atoms with Crippen LogP contribution >= 0.6 is 0 Å². The fourth-order valence-electron chi connectivity index (χ4n) is 2.93. The van der Waals surface area contributed by atoms with Gasteiger partial charge in [0.2, 0.25) is 5.91 Å². The maximum absolute atomic E-state index is 12.0. The molecule has 9 nitrogen and oxygen atoms in total. The Labute approximate surface area is 172 Å². The minimum atomic E-state index is -0.587. The first kappa shape index (κ1) is 19.1. The number of fused-ring (bicyclic) bond motifs is 1. The second kappa shape index (κ2) is 8.39. The van der Waals surface area contributed by atoms with E-state index in [1.54, 1.807) is 16.6 Å². The lowest BCUT2D eigenvalue weighted by molar-refractivity contribution is -0.117. The van der Waals surface area contributed by atoms with Gasteiger partial charge in [0.1, 0.15) is 12.1 Å². The zero-order chi connectivity index (χ0) is 20.9. The summed E-state index contributed by atoms with van der Waals surface area (Å²) in [6.07, 6.45) is 1.46. The van der Waals surface area contributed by atoms with Gasteiger partial charge in [-0.25, -0.2) is 4.98 Å². The van der Waals surface area contributed by atoms with E-state index in [1.807, 2.05) is 48.5 Å². The number of anilines is 1. The summed E-state index contributed by atoms with van der Waals surface area (Å²) in [5, 5.41) is 10.0. The van der Waals surface area contributed by atoms with Gasteiger partial charge in [-0.3, -0.25) is 9.59 Å². The lowest BCUT2D eigenvalue weighted by Gasteiger charge is -2.11. The van der Waals surface area contributed by atoms with Crippen LogP contribution in [-0.2, 0) is 11.3 Å². The molecule has 0 aliphatic carbocycles. The minimum absolute atomic E-state index is 0.193. The molecule has 4 N–H and O–H groups in total. The van der Waals surface area contributed by atoms with Crippen molar-refractivity contribution in [3.8, 4) is 11.3 Å². The molecule has 0 atom stereocenters. The molecule has 2 amide bonds. The van der Waals surface area contributed by atoms with E-state index in [0.717, 1.165) is 22.6 Å². The molecule has 0 saturated heterocycles. The maximum atomic E-state index is 12.0. The number of nitrogens with zero attached hydrogens (tertiary/aromatic N) is 4. The predicted octanol–water partition coefficient (Wildman–Crippen LogP) is 1.62. The number of hydrogen-bond acceptors (Lipinski definition) is 6. The lowest BCUT2D eigenvalue weighted by atomic mass is 10.1. The Morgan fingerprint density at radius 2 is 1.80 bits per heavy atom. The summed E-state index contributed by atoms with van der Waals surface area (Å²) in [4.78, 5) is 31.5. The molecule has 0 aliphatic heterocycles. The average molecular weight is 401 g/mol. The van der Waals surface area contributed by atoms with Gasteiger partial charge < -0.3 is 16.4 Å². The fourth-order valence-corrected chi connectivity index (χ4v) is 2.93. The summed E-state index contributed by atoms with van der Waals surface area (Å²) in [6, 6.07) is 18.8. The van der Waals surface area contributed by atoms with Crippen LogP contribution in [0.3, 0.4) is 0 Å². The van der Waals surface area contributed by atoms with Gasteiger partial charge in [0.15, 0.2) is 0 Å². The molecule has 9 heteroatoms. The van der Waals surface area contributed by atoms with Crippen molar-refractivity contribution >= 4 is 23.4 Å². The third-order valence-corrected chi connectivity index (χ3v) is 4.43. The van der Waals surface area contributed by atoms with Crippen molar-refractivity contribution in [2.24, 2.45) is 5.73 Å². The van der Waals surface area contributed by atoms with E-state index >= 15 is 0 Å². The monoisotopic (exact) mass is 401 g/mol. The molecule has 0 spiro atoms. The number of nitrogens with two attached hydrogens (primary N) is 1. The van der Waals surface area contributed by atoms with Gasteiger partial charge in [0, 0.05) is 23.7 Å². The number of aromatic nitrogens is 4. The van der Waals surface area contributed by atoms with Crippen LogP contribution < -0.4 is 16.4 Å². The first-order chi connectivity index (χ1) is 14.6. The van der Waals surface area contributed by atoms with E-state index in [4.69, 9.17) is 5.73 Å². The summed E-state index contributed by atoms with van der Waals surface area (Å²) in [5.74, 6) is 0.315. The van der Waals surface area contributed by atoms with Crippen molar-refractivity contribution in [2.45, 2.75) is 6.54 Å². The molecule has 30 heavy (non-hydrogen) atoms. The van der Waals surface area contributed by atoms with Gasteiger partial charge in [-0.05, 0) is 17.7 Å².